The molecular formula is C14H13NO4. The molecule has 0 saturated heterocycles. The molecule has 19 heavy (non-hydrogen) atoms. The van der Waals surface area contributed by atoms with Crippen LogP contribution in [-0.4, -0.2) is 24.7 Å². The SMILES string of the molecule is [2H]c1c([2H])c(-n2cc(C(=O)OC)ccc2=O)c([2H])c([2H])c1OC([2H])([2H])[2H]. The van der Waals surface area contributed by atoms with E-state index in [1.165, 1.54) is 6.07 Å². The Morgan fingerprint density at radius 3 is 2.68 bits per heavy atom. The number of pyridine rings is 1. The molecule has 0 N–H and O–H groups in total. The minimum absolute atomic E-state index is 0.0493. The van der Waals surface area contributed by atoms with E-state index in [1.54, 1.807) is 0 Å². The third kappa shape index (κ3) is 2.65. The van der Waals surface area contributed by atoms with Crippen LogP contribution in [0.4, 0.5) is 0 Å². The molecule has 0 fully saturated rings. The zero-order valence-corrected chi connectivity index (χ0v) is 9.81. The summed E-state index contributed by atoms with van der Waals surface area (Å²) in [7, 11) is -1.85. The van der Waals surface area contributed by atoms with Crippen LogP contribution < -0.4 is 10.3 Å². The highest BCUT2D eigenvalue weighted by atomic mass is 16.5. The van der Waals surface area contributed by atoms with Gasteiger partial charge in [-0.3, -0.25) is 9.36 Å². The Bertz CT molecular complexity index is 907. The van der Waals surface area contributed by atoms with E-state index in [-0.39, 0.29) is 5.56 Å². The number of methoxy groups -OCH3 is 2. The molecule has 5 heteroatoms. The van der Waals surface area contributed by atoms with E-state index >= 15 is 0 Å². The monoisotopic (exact) mass is 266 g/mol. The summed E-state index contributed by atoms with van der Waals surface area (Å²) in [6.07, 6.45) is 1.02. The number of aromatic nitrogens is 1. The van der Waals surface area contributed by atoms with Crippen LogP contribution in [0, 0.1) is 0 Å². The van der Waals surface area contributed by atoms with E-state index in [0.29, 0.717) is 0 Å². The normalized spacial score (nSPS) is 15.9. The smallest absolute Gasteiger partial charge is 0.339 e. The molecule has 0 spiro atoms. The third-order valence-corrected chi connectivity index (χ3v) is 2.26. The molecule has 0 amide bonds. The molecule has 0 unspecified atom stereocenters. The van der Waals surface area contributed by atoms with Gasteiger partial charge in [0.05, 0.1) is 29.3 Å². The lowest BCUT2D eigenvalue weighted by atomic mass is 10.2. The van der Waals surface area contributed by atoms with Crippen LogP contribution in [-0.2, 0) is 4.74 Å². The zero-order chi connectivity index (χ0) is 19.8. The number of esters is 1. The van der Waals surface area contributed by atoms with E-state index in [2.05, 4.69) is 9.47 Å². The number of nitrogens with zero attached hydrogens (tertiary/aromatic N) is 1. The lowest BCUT2D eigenvalue weighted by Crippen LogP contribution is -2.18. The third-order valence-electron chi connectivity index (χ3n) is 2.26. The van der Waals surface area contributed by atoms with Crippen molar-refractivity contribution in [1.29, 1.82) is 0 Å². The van der Waals surface area contributed by atoms with Crippen molar-refractivity contribution in [3.8, 4) is 11.4 Å². The molecule has 0 radical (unpaired) electrons. The van der Waals surface area contributed by atoms with E-state index in [4.69, 9.17) is 9.60 Å². The first kappa shape index (κ1) is 6.56. The van der Waals surface area contributed by atoms with Crippen molar-refractivity contribution < 1.29 is 23.9 Å². The molecular weight excluding hydrogens is 246 g/mol. The summed E-state index contributed by atoms with van der Waals surface area (Å²) >= 11 is 0. The number of rotatable bonds is 3. The maximum Gasteiger partial charge on any atom is 0.339 e. The Morgan fingerprint density at radius 1 is 1.32 bits per heavy atom. The van der Waals surface area contributed by atoms with Crippen LogP contribution in [0.2, 0.25) is 0 Å². The van der Waals surface area contributed by atoms with Gasteiger partial charge in [0, 0.05) is 18.0 Å². The molecule has 0 saturated carbocycles. The van der Waals surface area contributed by atoms with Crippen LogP contribution in [0.1, 0.15) is 20.0 Å². The van der Waals surface area contributed by atoms with Crippen molar-refractivity contribution in [1.82, 2.24) is 4.57 Å². The van der Waals surface area contributed by atoms with Crippen molar-refractivity contribution in [2.75, 3.05) is 14.1 Å². The standard InChI is InChI=1S/C14H13NO4/c1-18-12-6-4-11(5-7-12)15-9-10(14(17)19-2)3-8-13(15)16/h3-9H,1-2H3/i1D3,4D,5D,6D,7D. The van der Waals surface area contributed by atoms with Gasteiger partial charge < -0.3 is 9.47 Å². The Hall–Kier alpha value is -2.56. The van der Waals surface area contributed by atoms with Gasteiger partial charge in [-0.1, -0.05) is 0 Å². The molecule has 0 aliphatic rings. The highest BCUT2D eigenvalue weighted by molar-refractivity contribution is 5.88. The van der Waals surface area contributed by atoms with Crippen molar-refractivity contribution in [3.63, 3.8) is 0 Å². The maximum absolute atomic E-state index is 12.1. The van der Waals surface area contributed by atoms with Gasteiger partial charge >= 0.3 is 5.97 Å². The summed E-state index contributed by atoms with van der Waals surface area (Å²) < 4.78 is 62.8. The second-order valence-corrected chi connectivity index (χ2v) is 3.40. The molecule has 1 aromatic heterocycles. The molecule has 98 valence electrons. The summed E-state index contributed by atoms with van der Waals surface area (Å²) in [5.74, 6) is -1.53. The average Bonchev–Trinajstić information content (AvgIpc) is 2.57. The second kappa shape index (κ2) is 5.39. The fraction of sp³-hybridized carbons (Fsp3) is 0.143. The van der Waals surface area contributed by atoms with Crippen molar-refractivity contribution >= 4 is 5.97 Å². The first-order valence-corrected chi connectivity index (χ1v) is 5.08. The van der Waals surface area contributed by atoms with Crippen LogP contribution in [0.25, 0.3) is 5.69 Å². The van der Waals surface area contributed by atoms with Gasteiger partial charge in [-0.15, -0.1) is 0 Å². The average molecular weight is 266 g/mol. The zero-order valence-electron chi connectivity index (χ0n) is 16.8. The first-order valence-electron chi connectivity index (χ1n) is 8.58. The highest BCUT2D eigenvalue weighted by Gasteiger charge is 2.08. The predicted molar refractivity (Wildman–Crippen MR) is 69.9 cm³/mol. The Labute approximate surface area is 119 Å². The molecule has 0 atom stereocenters. The summed E-state index contributed by atoms with van der Waals surface area (Å²) in [5.41, 5.74) is -1.22. The molecule has 2 rings (SSSR count). The molecule has 5 nitrogen and oxygen atoms in total. The quantitative estimate of drug-likeness (QED) is 0.792. The van der Waals surface area contributed by atoms with Gasteiger partial charge in [-0.2, -0.15) is 0 Å². The number of hydrogen-bond acceptors (Lipinski definition) is 4. The van der Waals surface area contributed by atoms with E-state index in [9.17, 15) is 9.59 Å². The van der Waals surface area contributed by atoms with E-state index < -0.39 is 54.2 Å². The number of benzene rings is 1. The Balaban J connectivity index is 2.77. The first-order chi connectivity index (χ1) is 12.0. The van der Waals surface area contributed by atoms with Gasteiger partial charge in [0.15, 0.2) is 0 Å². The number of carbonyl (C=O) groups is 1. The Kier molecular flexibility index (Phi) is 1.86. The number of hydrogen-bond donors (Lipinski definition) is 0. The van der Waals surface area contributed by atoms with Gasteiger partial charge in [-0.05, 0) is 30.2 Å². The fourth-order valence-corrected chi connectivity index (χ4v) is 1.37. The Morgan fingerprint density at radius 2 is 2.05 bits per heavy atom. The molecule has 1 aromatic carbocycles. The minimum atomic E-state index is -2.98. The van der Waals surface area contributed by atoms with Gasteiger partial charge in [0.1, 0.15) is 5.75 Å². The van der Waals surface area contributed by atoms with Gasteiger partial charge in [-0.25, -0.2) is 4.79 Å². The van der Waals surface area contributed by atoms with E-state index in [0.717, 1.165) is 23.9 Å². The van der Waals surface area contributed by atoms with E-state index in [1.807, 2.05) is 0 Å². The lowest BCUT2D eigenvalue weighted by molar-refractivity contribution is 0.0600. The topological polar surface area (TPSA) is 57.5 Å². The largest absolute Gasteiger partial charge is 0.497 e. The van der Waals surface area contributed by atoms with Crippen molar-refractivity contribution in [2.45, 2.75) is 0 Å². The molecule has 0 bridgehead atoms. The van der Waals surface area contributed by atoms with Crippen LogP contribution in [0.5, 0.6) is 5.75 Å². The molecule has 2 aromatic rings. The van der Waals surface area contributed by atoms with Crippen LogP contribution >= 0.6 is 0 Å². The fourth-order valence-electron chi connectivity index (χ4n) is 1.37. The number of ether oxygens (including phenoxy) is 2. The minimum Gasteiger partial charge on any atom is -0.497 e. The number of carbonyl (C=O) groups excluding carboxylic acids is 1. The lowest BCUT2D eigenvalue weighted by Gasteiger charge is -2.08. The summed E-state index contributed by atoms with van der Waals surface area (Å²) in [4.78, 5) is 23.8. The molecule has 0 aliphatic heterocycles. The second-order valence-electron chi connectivity index (χ2n) is 3.40. The predicted octanol–water partition coefficient (Wildman–Crippen LogP) is 1.63. The van der Waals surface area contributed by atoms with Crippen LogP contribution in [0.15, 0.2) is 47.3 Å². The highest BCUT2D eigenvalue weighted by Crippen LogP contribution is 2.14. The maximum atomic E-state index is 12.1. The van der Waals surface area contributed by atoms with Crippen molar-refractivity contribution in [3.05, 3.63) is 58.4 Å². The molecule has 0 aliphatic carbocycles. The van der Waals surface area contributed by atoms with Gasteiger partial charge in [0.25, 0.3) is 5.56 Å². The summed E-state index contributed by atoms with van der Waals surface area (Å²) in [6.45, 7) is 0. The molecule has 1 heterocycles. The van der Waals surface area contributed by atoms with Crippen LogP contribution in [0.3, 0.4) is 0 Å². The summed E-state index contributed by atoms with van der Waals surface area (Å²) in [6, 6.07) is -0.748. The summed E-state index contributed by atoms with van der Waals surface area (Å²) in [5, 5.41) is 0. The van der Waals surface area contributed by atoms with Gasteiger partial charge in [0.2, 0.25) is 0 Å². The van der Waals surface area contributed by atoms with Crippen molar-refractivity contribution in [2.24, 2.45) is 0 Å².